The van der Waals surface area contributed by atoms with Crippen molar-refractivity contribution in [3.8, 4) is 0 Å². The maximum atomic E-state index is 11.7. The molecule has 0 spiro atoms. The number of hydrogen-bond donors (Lipinski definition) is 2. The Kier molecular flexibility index (Phi) is 7.10. The van der Waals surface area contributed by atoms with Crippen molar-refractivity contribution in [1.29, 1.82) is 0 Å². The smallest absolute Gasteiger partial charge is 0.273 e. The molecule has 0 saturated carbocycles. The molecule has 1 heterocycles. The van der Waals surface area contributed by atoms with E-state index in [1.54, 1.807) is 6.07 Å². The SMILES string of the molecule is CCCCNCCCNC(=O)c1cc(CC)on1. The van der Waals surface area contributed by atoms with Crippen LogP contribution in [-0.4, -0.2) is 30.7 Å². The Morgan fingerprint density at radius 1 is 1.28 bits per heavy atom. The van der Waals surface area contributed by atoms with Crippen LogP contribution in [0.2, 0.25) is 0 Å². The van der Waals surface area contributed by atoms with E-state index < -0.39 is 0 Å². The monoisotopic (exact) mass is 253 g/mol. The lowest BCUT2D eigenvalue weighted by Crippen LogP contribution is -2.27. The fraction of sp³-hybridized carbons (Fsp3) is 0.692. The second kappa shape index (κ2) is 8.69. The molecule has 5 nitrogen and oxygen atoms in total. The van der Waals surface area contributed by atoms with E-state index in [9.17, 15) is 4.79 Å². The van der Waals surface area contributed by atoms with Crippen LogP contribution in [0.25, 0.3) is 0 Å². The van der Waals surface area contributed by atoms with Gasteiger partial charge < -0.3 is 15.2 Å². The number of nitrogens with one attached hydrogen (secondary N) is 2. The summed E-state index contributed by atoms with van der Waals surface area (Å²) in [6.07, 6.45) is 4.08. The standard InChI is InChI=1S/C13H23N3O2/c1-3-5-7-14-8-6-9-15-13(17)12-10-11(4-2)18-16-12/h10,14H,3-9H2,1-2H3,(H,15,17). The van der Waals surface area contributed by atoms with Crippen molar-refractivity contribution in [2.24, 2.45) is 0 Å². The number of nitrogens with zero attached hydrogens (tertiary/aromatic N) is 1. The number of carbonyl (C=O) groups is 1. The molecule has 1 aromatic heterocycles. The highest BCUT2D eigenvalue weighted by Crippen LogP contribution is 2.03. The van der Waals surface area contributed by atoms with Crippen LogP contribution in [0.3, 0.4) is 0 Å². The van der Waals surface area contributed by atoms with E-state index in [1.807, 2.05) is 6.92 Å². The lowest BCUT2D eigenvalue weighted by atomic mass is 10.3. The van der Waals surface area contributed by atoms with Gasteiger partial charge in [0.2, 0.25) is 0 Å². The van der Waals surface area contributed by atoms with Crippen molar-refractivity contribution < 1.29 is 9.32 Å². The maximum absolute atomic E-state index is 11.7. The van der Waals surface area contributed by atoms with E-state index in [1.165, 1.54) is 12.8 Å². The molecule has 0 unspecified atom stereocenters. The van der Waals surface area contributed by atoms with Crippen molar-refractivity contribution in [3.05, 3.63) is 17.5 Å². The van der Waals surface area contributed by atoms with Crippen LogP contribution >= 0.6 is 0 Å². The van der Waals surface area contributed by atoms with Crippen LogP contribution in [-0.2, 0) is 6.42 Å². The molecule has 0 atom stereocenters. The molecular weight excluding hydrogens is 230 g/mol. The van der Waals surface area contributed by atoms with E-state index in [-0.39, 0.29) is 5.91 Å². The number of hydrogen-bond acceptors (Lipinski definition) is 4. The van der Waals surface area contributed by atoms with Gasteiger partial charge in [0.05, 0.1) is 0 Å². The van der Waals surface area contributed by atoms with Gasteiger partial charge in [-0.3, -0.25) is 4.79 Å². The summed E-state index contributed by atoms with van der Waals surface area (Å²) in [6.45, 7) is 6.77. The molecule has 102 valence electrons. The highest BCUT2D eigenvalue weighted by Gasteiger charge is 2.10. The average molecular weight is 253 g/mol. The molecule has 0 bridgehead atoms. The Bertz CT molecular complexity index is 350. The van der Waals surface area contributed by atoms with Gasteiger partial charge in [0, 0.05) is 19.0 Å². The van der Waals surface area contributed by atoms with Gasteiger partial charge in [-0.25, -0.2) is 0 Å². The minimum Gasteiger partial charge on any atom is -0.361 e. The normalized spacial score (nSPS) is 10.6. The average Bonchev–Trinajstić information content (AvgIpc) is 2.86. The van der Waals surface area contributed by atoms with Gasteiger partial charge in [0.1, 0.15) is 5.76 Å². The van der Waals surface area contributed by atoms with E-state index in [0.29, 0.717) is 12.2 Å². The van der Waals surface area contributed by atoms with Crippen molar-refractivity contribution in [3.63, 3.8) is 0 Å². The van der Waals surface area contributed by atoms with Crippen LogP contribution in [0.4, 0.5) is 0 Å². The Hall–Kier alpha value is -1.36. The summed E-state index contributed by atoms with van der Waals surface area (Å²) in [4.78, 5) is 11.7. The number of unbranched alkanes of at least 4 members (excludes halogenated alkanes) is 1. The Labute approximate surface area is 108 Å². The lowest BCUT2D eigenvalue weighted by molar-refractivity contribution is 0.0944. The minimum absolute atomic E-state index is 0.160. The predicted octanol–water partition coefficient (Wildman–Crippen LogP) is 1.75. The molecule has 2 N–H and O–H groups in total. The third-order valence-corrected chi connectivity index (χ3v) is 2.66. The van der Waals surface area contributed by atoms with Crippen LogP contribution in [0.1, 0.15) is 49.4 Å². The minimum atomic E-state index is -0.160. The molecule has 18 heavy (non-hydrogen) atoms. The summed E-state index contributed by atoms with van der Waals surface area (Å²) in [5, 5.41) is 9.88. The van der Waals surface area contributed by atoms with Crippen LogP contribution in [0.15, 0.2) is 10.6 Å². The molecule has 0 saturated heterocycles. The van der Waals surface area contributed by atoms with Crippen molar-refractivity contribution in [1.82, 2.24) is 15.8 Å². The first-order valence-electron chi connectivity index (χ1n) is 6.72. The zero-order chi connectivity index (χ0) is 13.2. The highest BCUT2D eigenvalue weighted by molar-refractivity contribution is 5.92. The number of aryl methyl sites for hydroxylation is 1. The summed E-state index contributed by atoms with van der Waals surface area (Å²) in [7, 11) is 0. The molecule has 1 rings (SSSR count). The summed E-state index contributed by atoms with van der Waals surface area (Å²) in [5.41, 5.74) is 0.366. The van der Waals surface area contributed by atoms with Crippen LogP contribution in [0, 0.1) is 0 Å². The van der Waals surface area contributed by atoms with Crippen LogP contribution < -0.4 is 10.6 Å². The molecule has 0 aliphatic heterocycles. The Morgan fingerprint density at radius 2 is 2.06 bits per heavy atom. The third kappa shape index (κ3) is 5.31. The number of aromatic nitrogens is 1. The molecule has 0 aliphatic rings. The molecular formula is C13H23N3O2. The topological polar surface area (TPSA) is 67.2 Å². The summed E-state index contributed by atoms with van der Waals surface area (Å²) < 4.78 is 4.98. The number of carbonyl (C=O) groups excluding carboxylic acids is 1. The summed E-state index contributed by atoms with van der Waals surface area (Å²) in [5.74, 6) is 0.577. The fourth-order valence-electron chi connectivity index (χ4n) is 1.52. The van der Waals surface area contributed by atoms with E-state index in [2.05, 4.69) is 22.7 Å². The molecule has 0 radical (unpaired) electrons. The predicted molar refractivity (Wildman–Crippen MR) is 70.6 cm³/mol. The second-order valence-electron chi connectivity index (χ2n) is 4.25. The molecule has 0 fully saturated rings. The van der Waals surface area contributed by atoms with Gasteiger partial charge in [0.25, 0.3) is 5.91 Å². The first-order chi connectivity index (χ1) is 8.77. The largest absolute Gasteiger partial charge is 0.361 e. The maximum Gasteiger partial charge on any atom is 0.273 e. The lowest BCUT2D eigenvalue weighted by Gasteiger charge is -2.04. The van der Waals surface area contributed by atoms with E-state index in [4.69, 9.17) is 4.52 Å². The number of amides is 1. The first kappa shape index (κ1) is 14.7. The first-order valence-corrected chi connectivity index (χ1v) is 6.72. The zero-order valence-corrected chi connectivity index (χ0v) is 11.3. The summed E-state index contributed by atoms with van der Waals surface area (Å²) in [6, 6.07) is 1.69. The zero-order valence-electron chi connectivity index (χ0n) is 11.3. The third-order valence-electron chi connectivity index (χ3n) is 2.66. The molecule has 1 amide bonds. The quantitative estimate of drug-likeness (QED) is 0.658. The van der Waals surface area contributed by atoms with Gasteiger partial charge in [0.15, 0.2) is 5.69 Å². The Morgan fingerprint density at radius 3 is 2.72 bits per heavy atom. The van der Waals surface area contributed by atoms with Gasteiger partial charge in [-0.15, -0.1) is 0 Å². The molecule has 0 aliphatic carbocycles. The highest BCUT2D eigenvalue weighted by atomic mass is 16.5. The second-order valence-corrected chi connectivity index (χ2v) is 4.25. The number of rotatable bonds is 9. The van der Waals surface area contributed by atoms with Gasteiger partial charge in [-0.05, 0) is 25.9 Å². The van der Waals surface area contributed by atoms with E-state index in [0.717, 1.165) is 31.7 Å². The Balaban J connectivity index is 2.10. The van der Waals surface area contributed by atoms with Crippen LogP contribution in [0.5, 0.6) is 0 Å². The van der Waals surface area contributed by atoms with E-state index >= 15 is 0 Å². The van der Waals surface area contributed by atoms with Gasteiger partial charge in [-0.1, -0.05) is 25.4 Å². The van der Waals surface area contributed by atoms with Crippen molar-refractivity contribution in [2.45, 2.75) is 39.5 Å². The fourth-order valence-corrected chi connectivity index (χ4v) is 1.52. The molecule has 5 heteroatoms. The van der Waals surface area contributed by atoms with Crippen molar-refractivity contribution in [2.75, 3.05) is 19.6 Å². The van der Waals surface area contributed by atoms with Gasteiger partial charge >= 0.3 is 0 Å². The molecule has 1 aromatic rings. The molecule has 0 aromatic carbocycles. The summed E-state index contributed by atoms with van der Waals surface area (Å²) >= 11 is 0. The van der Waals surface area contributed by atoms with Crippen molar-refractivity contribution >= 4 is 5.91 Å². The van der Waals surface area contributed by atoms with Gasteiger partial charge in [-0.2, -0.15) is 0 Å².